The highest BCUT2D eigenvalue weighted by molar-refractivity contribution is 5.81. The molecule has 2 aromatic carbocycles. The SMILES string of the molecule is CCOc1cc2[nH]c(=O)n(CC3CCC(C(=O)N4CCN(c5ccccc5)CC4)CC3)c(=O)c2cc1OCC. The van der Waals surface area contributed by atoms with Crippen LogP contribution in [-0.2, 0) is 11.3 Å². The zero-order valence-corrected chi connectivity index (χ0v) is 22.9. The van der Waals surface area contributed by atoms with Crippen LogP contribution < -0.4 is 25.6 Å². The molecule has 1 amide bonds. The van der Waals surface area contributed by atoms with Gasteiger partial charge in [-0.25, -0.2) is 4.79 Å². The molecule has 39 heavy (non-hydrogen) atoms. The first-order valence-electron chi connectivity index (χ1n) is 14.1. The van der Waals surface area contributed by atoms with Crippen LogP contribution in [0.5, 0.6) is 11.5 Å². The Morgan fingerprint density at radius 1 is 0.897 bits per heavy atom. The molecule has 9 nitrogen and oxygen atoms in total. The molecule has 1 aliphatic heterocycles. The van der Waals surface area contributed by atoms with Gasteiger partial charge < -0.3 is 24.3 Å². The molecule has 0 bridgehead atoms. The van der Waals surface area contributed by atoms with Gasteiger partial charge in [0.1, 0.15) is 0 Å². The van der Waals surface area contributed by atoms with E-state index in [0.29, 0.717) is 42.2 Å². The van der Waals surface area contributed by atoms with Gasteiger partial charge in [-0.15, -0.1) is 0 Å². The fourth-order valence-corrected chi connectivity index (χ4v) is 5.90. The number of hydrogen-bond acceptors (Lipinski definition) is 6. The van der Waals surface area contributed by atoms with Crippen molar-refractivity contribution >= 4 is 22.5 Å². The van der Waals surface area contributed by atoms with Crippen molar-refractivity contribution < 1.29 is 14.3 Å². The topological polar surface area (TPSA) is 96.9 Å². The van der Waals surface area contributed by atoms with Gasteiger partial charge in [0, 0.05) is 50.4 Å². The number of carbonyl (C=O) groups is 1. The summed E-state index contributed by atoms with van der Waals surface area (Å²) in [7, 11) is 0. The molecule has 2 aliphatic rings. The van der Waals surface area contributed by atoms with E-state index in [2.05, 4.69) is 22.0 Å². The van der Waals surface area contributed by atoms with Crippen molar-refractivity contribution in [1.82, 2.24) is 14.5 Å². The highest BCUT2D eigenvalue weighted by atomic mass is 16.5. The molecule has 1 aromatic heterocycles. The number of para-hydroxylation sites is 1. The second-order valence-corrected chi connectivity index (χ2v) is 10.4. The van der Waals surface area contributed by atoms with Crippen molar-refractivity contribution in [2.45, 2.75) is 46.1 Å². The maximum absolute atomic E-state index is 13.3. The van der Waals surface area contributed by atoms with Crippen LogP contribution in [0.15, 0.2) is 52.1 Å². The Morgan fingerprint density at radius 3 is 2.18 bits per heavy atom. The van der Waals surface area contributed by atoms with Crippen LogP contribution in [0, 0.1) is 11.8 Å². The lowest BCUT2D eigenvalue weighted by atomic mass is 9.81. The maximum Gasteiger partial charge on any atom is 0.328 e. The average Bonchev–Trinajstić information content (AvgIpc) is 2.97. The molecule has 2 fully saturated rings. The Labute approximate surface area is 228 Å². The van der Waals surface area contributed by atoms with E-state index < -0.39 is 5.69 Å². The number of rotatable bonds is 8. The van der Waals surface area contributed by atoms with E-state index >= 15 is 0 Å². The van der Waals surface area contributed by atoms with Gasteiger partial charge in [0.05, 0.1) is 24.1 Å². The molecule has 1 saturated heterocycles. The number of nitrogens with one attached hydrogen (secondary N) is 1. The minimum atomic E-state index is -0.423. The van der Waals surface area contributed by atoms with Crippen LogP contribution in [-0.4, -0.2) is 59.8 Å². The minimum absolute atomic E-state index is 0.0156. The van der Waals surface area contributed by atoms with E-state index in [4.69, 9.17) is 9.47 Å². The zero-order chi connectivity index (χ0) is 27.4. The summed E-state index contributed by atoms with van der Waals surface area (Å²) in [6, 6.07) is 13.6. The highest BCUT2D eigenvalue weighted by Crippen LogP contribution is 2.32. The van der Waals surface area contributed by atoms with Gasteiger partial charge in [0.25, 0.3) is 5.56 Å². The molecule has 1 N–H and O–H groups in total. The molecular formula is C30H38N4O5. The lowest BCUT2D eigenvalue weighted by Gasteiger charge is -2.38. The summed E-state index contributed by atoms with van der Waals surface area (Å²) in [4.78, 5) is 46.7. The number of carbonyl (C=O) groups excluding carboxylic acids is 1. The highest BCUT2D eigenvalue weighted by Gasteiger charge is 2.31. The van der Waals surface area contributed by atoms with Gasteiger partial charge >= 0.3 is 5.69 Å². The zero-order valence-electron chi connectivity index (χ0n) is 22.9. The summed E-state index contributed by atoms with van der Waals surface area (Å²) >= 11 is 0. The molecule has 1 aliphatic carbocycles. The quantitative estimate of drug-likeness (QED) is 0.474. The third-order valence-electron chi connectivity index (χ3n) is 8.00. The summed E-state index contributed by atoms with van der Waals surface area (Å²) in [6.45, 7) is 8.14. The molecule has 1 saturated carbocycles. The van der Waals surface area contributed by atoms with Crippen LogP contribution >= 0.6 is 0 Å². The largest absolute Gasteiger partial charge is 0.490 e. The summed E-state index contributed by atoms with van der Waals surface area (Å²) in [6.07, 6.45) is 3.21. The molecule has 3 aromatic rings. The van der Waals surface area contributed by atoms with Crippen molar-refractivity contribution in [3.63, 3.8) is 0 Å². The number of benzene rings is 2. The first-order valence-corrected chi connectivity index (χ1v) is 14.1. The third kappa shape index (κ3) is 5.82. The number of anilines is 1. The number of amides is 1. The minimum Gasteiger partial charge on any atom is -0.490 e. The van der Waals surface area contributed by atoms with E-state index in [1.807, 2.05) is 36.9 Å². The molecule has 2 heterocycles. The number of hydrogen-bond donors (Lipinski definition) is 1. The molecular weight excluding hydrogens is 496 g/mol. The van der Waals surface area contributed by atoms with Crippen LogP contribution in [0.3, 0.4) is 0 Å². The number of piperazine rings is 1. The second kappa shape index (κ2) is 12.0. The van der Waals surface area contributed by atoms with Crippen molar-refractivity contribution in [3.8, 4) is 11.5 Å². The number of nitrogens with zero attached hydrogens (tertiary/aromatic N) is 3. The number of aromatic nitrogens is 2. The fraction of sp³-hybridized carbons (Fsp3) is 0.500. The van der Waals surface area contributed by atoms with Gasteiger partial charge in [-0.05, 0) is 63.6 Å². The van der Waals surface area contributed by atoms with E-state index in [1.54, 1.807) is 12.1 Å². The summed E-state index contributed by atoms with van der Waals surface area (Å²) in [5.41, 5.74) is 0.892. The number of H-pyrrole nitrogens is 1. The smallest absolute Gasteiger partial charge is 0.328 e. The number of aromatic amines is 1. The normalized spacial score (nSPS) is 19.7. The summed E-state index contributed by atoms with van der Waals surface area (Å²) in [5.74, 6) is 1.43. The lowest BCUT2D eigenvalue weighted by molar-refractivity contribution is -0.137. The monoisotopic (exact) mass is 534 g/mol. The first-order chi connectivity index (χ1) is 19.0. The molecule has 9 heteroatoms. The maximum atomic E-state index is 13.3. The molecule has 5 rings (SSSR count). The van der Waals surface area contributed by atoms with E-state index in [0.717, 1.165) is 51.9 Å². The van der Waals surface area contributed by atoms with Gasteiger partial charge in [0.15, 0.2) is 11.5 Å². The molecule has 0 atom stereocenters. The van der Waals surface area contributed by atoms with Crippen LogP contribution in [0.2, 0.25) is 0 Å². The predicted octanol–water partition coefficient (Wildman–Crippen LogP) is 3.64. The fourth-order valence-electron chi connectivity index (χ4n) is 5.90. The van der Waals surface area contributed by atoms with Crippen LogP contribution in [0.1, 0.15) is 39.5 Å². The van der Waals surface area contributed by atoms with Gasteiger partial charge in [-0.2, -0.15) is 0 Å². The van der Waals surface area contributed by atoms with E-state index in [1.165, 1.54) is 10.3 Å². The standard InChI is InChI=1S/C30H38N4O5/c1-3-38-26-18-24-25(19-27(26)39-4-2)31-30(37)34(29(24)36)20-21-10-12-22(13-11-21)28(35)33-16-14-32(15-17-33)23-8-6-5-7-9-23/h5-9,18-19,21-22H,3-4,10-17,20H2,1-2H3,(H,31,37). The molecule has 0 spiro atoms. The van der Waals surface area contributed by atoms with Crippen molar-refractivity contribution in [1.29, 1.82) is 0 Å². The molecule has 0 unspecified atom stereocenters. The van der Waals surface area contributed by atoms with E-state index in [-0.39, 0.29) is 23.3 Å². The summed E-state index contributed by atoms with van der Waals surface area (Å²) in [5, 5.41) is 0.403. The van der Waals surface area contributed by atoms with Crippen LogP contribution in [0.25, 0.3) is 10.9 Å². The Kier molecular flexibility index (Phi) is 8.24. The number of ether oxygens (including phenoxy) is 2. The van der Waals surface area contributed by atoms with Gasteiger partial charge in [-0.1, -0.05) is 18.2 Å². The second-order valence-electron chi connectivity index (χ2n) is 10.4. The van der Waals surface area contributed by atoms with E-state index in [9.17, 15) is 14.4 Å². The molecule has 208 valence electrons. The average molecular weight is 535 g/mol. The first kappa shape index (κ1) is 26.8. The Hall–Kier alpha value is -3.75. The third-order valence-corrected chi connectivity index (χ3v) is 8.00. The van der Waals surface area contributed by atoms with Crippen molar-refractivity contribution in [2.75, 3.05) is 44.3 Å². The predicted molar refractivity (Wildman–Crippen MR) is 152 cm³/mol. The summed E-state index contributed by atoms with van der Waals surface area (Å²) < 4.78 is 12.6. The van der Waals surface area contributed by atoms with Gasteiger partial charge in [-0.3, -0.25) is 14.2 Å². The van der Waals surface area contributed by atoms with Gasteiger partial charge in [0.2, 0.25) is 5.91 Å². The lowest BCUT2D eigenvalue weighted by Crippen LogP contribution is -2.50. The van der Waals surface area contributed by atoms with Crippen molar-refractivity contribution in [2.24, 2.45) is 11.8 Å². The Bertz CT molecular complexity index is 1400. The Morgan fingerprint density at radius 2 is 1.54 bits per heavy atom. The van der Waals surface area contributed by atoms with Crippen LogP contribution in [0.4, 0.5) is 5.69 Å². The molecule has 0 radical (unpaired) electrons. The van der Waals surface area contributed by atoms with Crippen molar-refractivity contribution in [3.05, 3.63) is 63.3 Å². The number of fused-ring (bicyclic) bond motifs is 1. The Balaban J connectivity index is 1.21.